The maximum absolute atomic E-state index is 15.3. The molecule has 0 saturated heterocycles. The van der Waals surface area contributed by atoms with E-state index >= 15 is 4.39 Å². The largest absolute Gasteiger partial charge is 0.336 e. The monoisotopic (exact) mass is 387 g/mol. The molecule has 0 N–H and O–H groups in total. The molecule has 6 nitrogen and oxygen atoms in total. The van der Waals surface area contributed by atoms with Gasteiger partial charge in [0.1, 0.15) is 5.67 Å². The summed E-state index contributed by atoms with van der Waals surface area (Å²) in [5.41, 5.74) is -2.41. The summed E-state index contributed by atoms with van der Waals surface area (Å²) >= 11 is 0. The summed E-state index contributed by atoms with van der Waals surface area (Å²) in [6, 6.07) is 8.98. The van der Waals surface area contributed by atoms with Gasteiger partial charge in [0.2, 0.25) is 0 Å². The van der Waals surface area contributed by atoms with Gasteiger partial charge in [-0.2, -0.15) is 0 Å². The third-order valence-corrected chi connectivity index (χ3v) is 4.14. The average Bonchev–Trinajstić information content (AvgIpc) is 2.59. The second kappa shape index (κ2) is 8.37. The van der Waals surface area contributed by atoms with Gasteiger partial charge >= 0.3 is 17.1 Å². The van der Waals surface area contributed by atoms with Crippen LogP contribution in [0.15, 0.2) is 69.0 Å². The van der Waals surface area contributed by atoms with Crippen LogP contribution in [-0.2, 0) is 26.1 Å². The Morgan fingerprint density at radius 1 is 0.893 bits per heavy atom. The molecule has 7 heteroatoms. The SMILES string of the molecule is C=C(C)Cn1c(=O)n(CC(=C)C)c(=O)n(CC(C)(F)Cc2ccccc2)c1=O. The molecule has 0 radical (unpaired) electrons. The first-order valence-corrected chi connectivity index (χ1v) is 8.98. The lowest BCUT2D eigenvalue weighted by Gasteiger charge is -2.22. The second-order valence-corrected chi connectivity index (χ2v) is 7.60. The molecule has 0 saturated carbocycles. The zero-order valence-electron chi connectivity index (χ0n) is 16.6. The van der Waals surface area contributed by atoms with E-state index in [1.165, 1.54) is 6.92 Å². The number of benzene rings is 1. The number of aromatic nitrogens is 3. The van der Waals surface area contributed by atoms with Crippen molar-refractivity contribution >= 4 is 0 Å². The molecule has 0 bridgehead atoms. The van der Waals surface area contributed by atoms with E-state index in [1.807, 2.05) is 6.07 Å². The highest BCUT2D eigenvalue weighted by Gasteiger charge is 2.28. The van der Waals surface area contributed by atoms with Crippen molar-refractivity contribution in [3.8, 4) is 0 Å². The van der Waals surface area contributed by atoms with Crippen LogP contribution < -0.4 is 17.1 Å². The van der Waals surface area contributed by atoms with Crippen molar-refractivity contribution in [3.63, 3.8) is 0 Å². The first-order chi connectivity index (χ1) is 13.0. The molecule has 1 aromatic heterocycles. The summed E-state index contributed by atoms with van der Waals surface area (Å²) in [6.45, 7) is 11.5. The molecule has 0 aliphatic heterocycles. The van der Waals surface area contributed by atoms with Gasteiger partial charge in [0, 0.05) is 6.42 Å². The van der Waals surface area contributed by atoms with E-state index < -0.39 is 29.3 Å². The van der Waals surface area contributed by atoms with E-state index in [0.29, 0.717) is 11.1 Å². The maximum Gasteiger partial charge on any atom is 0.336 e. The Morgan fingerprint density at radius 3 is 1.75 bits per heavy atom. The van der Waals surface area contributed by atoms with E-state index in [-0.39, 0.29) is 19.5 Å². The summed E-state index contributed by atoms with van der Waals surface area (Å²) in [6.07, 6.45) is 0.0276. The number of hydrogen-bond acceptors (Lipinski definition) is 3. The molecule has 1 unspecified atom stereocenters. The van der Waals surface area contributed by atoms with E-state index in [1.54, 1.807) is 38.1 Å². The normalized spacial score (nSPS) is 13.1. The van der Waals surface area contributed by atoms with Crippen LogP contribution in [0, 0.1) is 0 Å². The summed E-state index contributed by atoms with van der Waals surface area (Å²) in [5, 5.41) is 0. The standard InChI is InChI=1S/C21H26FN3O3/c1-15(2)12-23-18(26)24(13-16(3)4)20(28)25(19(23)27)14-21(5,22)11-17-9-7-6-8-10-17/h6-10H,1,3,11-14H2,2,4-5H3. The van der Waals surface area contributed by atoms with Gasteiger partial charge in [0.25, 0.3) is 0 Å². The van der Waals surface area contributed by atoms with Crippen LogP contribution in [0.2, 0.25) is 0 Å². The number of nitrogens with zero attached hydrogens (tertiary/aromatic N) is 3. The summed E-state index contributed by atoms with van der Waals surface area (Å²) in [4.78, 5) is 38.2. The molecule has 0 fully saturated rings. The predicted molar refractivity (Wildman–Crippen MR) is 109 cm³/mol. The Hall–Kier alpha value is -2.96. The van der Waals surface area contributed by atoms with Gasteiger partial charge < -0.3 is 0 Å². The smallest absolute Gasteiger partial charge is 0.247 e. The van der Waals surface area contributed by atoms with Crippen LogP contribution in [0.3, 0.4) is 0 Å². The molecule has 0 aliphatic carbocycles. The number of hydrogen-bond donors (Lipinski definition) is 0. The third-order valence-electron chi connectivity index (χ3n) is 4.14. The molecule has 0 amide bonds. The van der Waals surface area contributed by atoms with E-state index in [0.717, 1.165) is 19.3 Å². The second-order valence-electron chi connectivity index (χ2n) is 7.60. The minimum atomic E-state index is -1.86. The Morgan fingerprint density at radius 2 is 1.32 bits per heavy atom. The van der Waals surface area contributed by atoms with Crippen LogP contribution in [0.1, 0.15) is 26.3 Å². The van der Waals surface area contributed by atoms with Crippen molar-refractivity contribution in [2.24, 2.45) is 0 Å². The van der Waals surface area contributed by atoms with Crippen molar-refractivity contribution < 1.29 is 4.39 Å². The Bertz CT molecular complexity index is 1000. The highest BCUT2D eigenvalue weighted by atomic mass is 19.1. The predicted octanol–water partition coefficient (Wildman–Crippen LogP) is 2.29. The van der Waals surface area contributed by atoms with Gasteiger partial charge in [-0.25, -0.2) is 32.5 Å². The van der Waals surface area contributed by atoms with Crippen molar-refractivity contribution in [1.29, 1.82) is 0 Å². The van der Waals surface area contributed by atoms with Crippen molar-refractivity contribution in [3.05, 3.63) is 91.7 Å². The number of rotatable bonds is 8. The third kappa shape index (κ3) is 5.06. The minimum absolute atomic E-state index is 0.0276. The molecule has 2 aromatic rings. The fourth-order valence-electron chi connectivity index (χ4n) is 3.04. The molecule has 1 atom stereocenters. The van der Waals surface area contributed by atoms with Gasteiger partial charge in [-0.15, -0.1) is 0 Å². The van der Waals surface area contributed by atoms with Gasteiger partial charge in [-0.05, 0) is 26.3 Å². The maximum atomic E-state index is 15.3. The van der Waals surface area contributed by atoms with Gasteiger partial charge in [0.05, 0.1) is 19.6 Å². The zero-order chi connectivity index (χ0) is 21.1. The number of allylic oxidation sites excluding steroid dienone is 2. The quantitative estimate of drug-likeness (QED) is 0.653. The van der Waals surface area contributed by atoms with Gasteiger partial charge in [-0.3, -0.25) is 0 Å². The lowest BCUT2D eigenvalue weighted by Crippen LogP contribution is -2.56. The van der Waals surface area contributed by atoms with E-state index in [2.05, 4.69) is 13.2 Å². The van der Waals surface area contributed by atoms with Gasteiger partial charge in [0.15, 0.2) is 0 Å². The summed E-state index contributed by atoms with van der Waals surface area (Å²) in [5.74, 6) is 0. The van der Waals surface area contributed by atoms with Crippen molar-refractivity contribution in [2.75, 3.05) is 0 Å². The van der Waals surface area contributed by atoms with Gasteiger partial charge in [-0.1, -0.05) is 54.6 Å². The summed E-state index contributed by atoms with van der Waals surface area (Å²) in [7, 11) is 0. The highest BCUT2D eigenvalue weighted by Crippen LogP contribution is 2.18. The molecule has 2 rings (SSSR count). The Labute approximate surface area is 162 Å². The molecule has 0 aliphatic rings. The first kappa shape index (κ1) is 21.3. The fraction of sp³-hybridized carbons (Fsp3) is 0.381. The van der Waals surface area contributed by atoms with Crippen LogP contribution in [0.4, 0.5) is 4.39 Å². The number of halogens is 1. The topological polar surface area (TPSA) is 66.0 Å². The lowest BCUT2D eigenvalue weighted by atomic mass is 9.98. The van der Waals surface area contributed by atoms with Crippen molar-refractivity contribution in [1.82, 2.24) is 13.7 Å². The number of alkyl halides is 1. The molecule has 1 heterocycles. The minimum Gasteiger partial charge on any atom is -0.247 e. The van der Waals surface area contributed by atoms with E-state index in [9.17, 15) is 14.4 Å². The van der Waals surface area contributed by atoms with Crippen molar-refractivity contribution in [2.45, 2.75) is 52.5 Å². The lowest BCUT2D eigenvalue weighted by molar-refractivity contribution is 0.152. The van der Waals surface area contributed by atoms with Crippen LogP contribution in [0.25, 0.3) is 0 Å². The average molecular weight is 387 g/mol. The molecule has 0 spiro atoms. The summed E-state index contributed by atoms with van der Waals surface area (Å²) < 4.78 is 17.9. The first-order valence-electron chi connectivity index (χ1n) is 8.98. The van der Waals surface area contributed by atoms with Crippen LogP contribution in [-0.4, -0.2) is 19.4 Å². The molecule has 150 valence electrons. The Balaban J connectivity index is 2.57. The molecule has 1 aromatic carbocycles. The fourth-order valence-corrected chi connectivity index (χ4v) is 3.04. The highest BCUT2D eigenvalue weighted by molar-refractivity contribution is 5.16. The van der Waals surface area contributed by atoms with Crippen LogP contribution >= 0.6 is 0 Å². The Kier molecular flexibility index (Phi) is 6.38. The molecule has 28 heavy (non-hydrogen) atoms. The van der Waals surface area contributed by atoms with Crippen LogP contribution in [0.5, 0.6) is 0 Å². The molecular formula is C21H26FN3O3. The van der Waals surface area contributed by atoms with E-state index in [4.69, 9.17) is 0 Å². The molecular weight excluding hydrogens is 361 g/mol. The zero-order valence-corrected chi connectivity index (χ0v) is 16.6.